The molecule has 0 bridgehead atoms. The summed E-state index contributed by atoms with van der Waals surface area (Å²) in [4.78, 5) is 2.53. The molecule has 0 atom stereocenters. The minimum Gasteiger partial charge on any atom is -0.443 e. The predicted octanol–water partition coefficient (Wildman–Crippen LogP) is 2.74. The monoisotopic (exact) mass is 223 g/mol. The van der Waals surface area contributed by atoms with E-state index in [2.05, 4.69) is 44.6 Å². The van der Waals surface area contributed by atoms with Crippen LogP contribution in [0.25, 0.3) is 0 Å². The van der Waals surface area contributed by atoms with Gasteiger partial charge in [0.05, 0.1) is 0 Å². The molecule has 1 fully saturated rings. The topological polar surface area (TPSA) is 12.5 Å². The maximum Gasteiger partial charge on any atom is 0.113 e. The van der Waals surface area contributed by atoms with E-state index in [9.17, 15) is 0 Å². The summed E-state index contributed by atoms with van der Waals surface area (Å²) in [5.41, 5.74) is 0. The Kier molecular flexibility index (Phi) is 5.69. The molecule has 0 unspecified atom stereocenters. The number of likely N-dealkylation sites (tertiary alicyclic amines) is 1. The van der Waals surface area contributed by atoms with Gasteiger partial charge in [-0.15, -0.1) is 0 Å². The Labute approximate surface area is 100 Å². The van der Waals surface area contributed by atoms with Gasteiger partial charge in [-0.3, -0.25) is 0 Å². The zero-order chi connectivity index (χ0) is 12.0. The van der Waals surface area contributed by atoms with Gasteiger partial charge in [-0.2, -0.15) is 0 Å². The van der Waals surface area contributed by atoms with E-state index in [4.69, 9.17) is 4.74 Å². The smallest absolute Gasteiger partial charge is 0.113 e. The van der Waals surface area contributed by atoms with Crippen molar-refractivity contribution < 1.29 is 4.74 Å². The Bertz CT molecular complexity index is 241. The molecule has 0 aliphatic carbocycles. The van der Waals surface area contributed by atoms with Crippen molar-refractivity contribution in [2.75, 3.05) is 19.6 Å². The second kappa shape index (κ2) is 6.81. The molecule has 1 aliphatic rings. The number of hydrogen-bond acceptors (Lipinski definition) is 2. The molecule has 1 saturated heterocycles. The Morgan fingerprint density at radius 3 is 2.31 bits per heavy atom. The summed E-state index contributed by atoms with van der Waals surface area (Å²) in [5.74, 6) is 4.22. The van der Waals surface area contributed by atoms with Crippen molar-refractivity contribution in [3.63, 3.8) is 0 Å². The molecular formula is C14H25NO. The molecule has 0 amide bonds. The van der Waals surface area contributed by atoms with Crippen LogP contribution in [0, 0.1) is 23.9 Å². The highest BCUT2D eigenvalue weighted by atomic mass is 16.5. The maximum atomic E-state index is 5.56. The van der Waals surface area contributed by atoms with Crippen LogP contribution in [-0.2, 0) is 4.74 Å². The maximum absolute atomic E-state index is 5.56. The minimum absolute atomic E-state index is 0.356. The number of hydrogen-bond donors (Lipinski definition) is 0. The van der Waals surface area contributed by atoms with Gasteiger partial charge in [-0.1, -0.05) is 33.6 Å². The highest BCUT2D eigenvalue weighted by Crippen LogP contribution is 2.14. The molecule has 0 aromatic rings. The molecule has 0 aromatic heterocycles. The Hall–Kier alpha value is -0.680. The third kappa shape index (κ3) is 5.42. The first-order valence-corrected chi connectivity index (χ1v) is 6.46. The lowest BCUT2D eigenvalue weighted by atomic mass is 10.1. The van der Waals surface area contributed by atoms with E-state index in [1.807, 2.05) is 0 Å². The molecule has 0 saturated carbocycles. The number of nitrogens with zero attached hydrogens (tertiary/aromatic N) is 1. The average Bonchev–Trinajstić information content (AvgIpc) is 2.19. The minimum atomic E-state index is 0.356. The second-order valence-electron chi connectivity index (χ2n) is 5.41. The summed E-state index contributed by atoms with van der Waals surface area (Å²) < 4.78 is 5.56. The van der Waals surface area contributed by atoms with Crippen LogP contribution in [0.3, 0.4) is 0 Å². The summed E-state index contributed by atoms with van der Waals surface area (Å²) in [7, 11) is 0. The van der Waals surface area contributed by atoms with Crippen LogP contribution in [0.15, 0.2) is 0 Å². The first-order chi connectivity index (χ1) is 7.58. The average molecular weight is 223 g/mol. The van der Waals surface area contributed by atoms with Crippen molar-refractivity contribution in [3.8, 4) is 12.0 Å². The fourth-order valence-electron chi connectivity index (χ4n) is 1.96. The Morgan fingerprint density at radius 1 is 1.19 bits per heavy atom. The molecule has 16 heavy (non-hydrogen) atoms. The lowest BCUT2D eigenvalue weighted by Gasteiger charge is -2.31. The molecule has 0 aromatic carbocycles. The largest absolute Gasteiger partial charge is 0.443 e. The normalized spacial score (nSPS) is 18.6. The SMILES string of the molecule is CC(C)C#COC1CCN(CC(C)C)CC1. The van der Waals surface area contributed by atoms with Crippen LogP contribution in [-0.4, -0.2) is 30.6 Å². The van der Waals surface area contributed by atoms with Crippen LogP contribution in [0.5, 0.6) is 0 Å². The zero-order valence-electron chi connectivity index (χ0n) is 11.1. The van der Waals surface area contributed by atoms with Gasteiger partial charge in [0, 0.05) is 25.6 Å². The van der Waals surface area contributed by atoms with E-state index in [1.165, 1.54) is 6.54 Å². The van der Waals surface area contributed by atoms with Gasteiger partial charge in [-0.05, 0) is 18.8 Å². The molecule has 1 rings (SSSR count). The van der Waals surface area contributed by atoms with Gasteiger partial charge >= 0.3 is 0 Å². The van der Waals surface area contributed by atoms with E-state index in [0.717, 1.165) is 31.8 Å². The molecule has 0 N–H and O–H groups in total. The van der Waals surface area contributed by atoms with Crippen LogP contribution in [0.2, 0.25) is 0 Å². The van der Waals surface area contributed by atoms with Crippen LogP contribution < -0.4 is 0 Å². The number of ether oxygens (including phenoxy) is 1. The van der Waals surface area contributed by atoms with Crippen molar-refractivity contribution in [2.24, 2.45) is 11.8 Å². The van der Waals surface area contributed by atoms with Crippen LogP contribution in [0.4, 0.5) is 0 Å². The van der Waals surface area contributed by atoms with Crippen molar-refractivity contribution >= 4 is 0 Å². The van der Waals surface area contributed by atoms with Gasteiger partial charge in [0.15, 0.2) is 0 Å². The van der Waals surface area contributed by atoms with Gasteiger partial charge in [0.1, 0.15) is 12.2 Å². The summed E-state index contributed by atoms with van der Waals surface area (Å²) in [6.45, 7) is 12.2. The van der Waals surface area contributed by atoms with Gasteiger partial charge in [0.2, 0.25) is 0 Å². The summed E-state index contributed by atoms with van der Waals surface area (Å²) in [6.07, 6.45) is 5.45. The predicted molar refractivity (Wildman–Crippen MR) is 68.0 cm³/mol. The van der Waals surface area contributed by atoms with E-state index in [-0.39, 0.29) is 0 Å². The van der Waals surface area contributed by atoms with Crippen molar-refractivity contribution in [3.05, 3.63) is 0 Å². The van der Waals surface area contributed by atoms with Crippen molar-refractivity contribution in [2.45, 2.75) is 46.6 Å². The molecule has 2 heteroatoms. The quantitative estimate of drug-likeness (QED) is 0.682. The molecule has 0 radical (unpaired) electrons. The summed E-state index contributed by atoms with van der Waals surface area (Å²) >= 11 is 0. The van der Waals surface area contributed by atoms with Gasteiger partial charge in [0.25, 0.3) is 0 Å². The lowest BCUT2D eigenvalue weighted by Crippen LogP contribution is -2.38. The molecule has 0 spiro atoms. The van der Waals surface area contributed by atoms with E-state index < -0.39 is 0 Å². The molecule has 2 nitrogen and oxygen atoms in total. The van der Waals surface area contributed by atoms with Gasteiger partial charge < -0.3 is 9.64 Å². The highest BCUT2D eigenvalue weighted by molar-refractivity contribution is 4.95. The van der Waals surface area contributed by atoms with Crippen LogP contribution in [0.1, 0.15) is 40.5 Å². The summed E-state index contributed by atoms with van der Waals surface area (Å²) in [5, 5.41) is 0. The fourth-order valence-corrected chi connectivity index (χ4v) is 1.96. The van der Waals surface area contributed by atoms with Gasteiger partial charge in [-0.25, -0.2) is 0 Å². The zero-order valence-corrected chi connectivity index (χ0v) is 11.1. The number of piperidine rings is 1. The Balaban J connectivity index is 2.20. The second-order valence-corrected chi connectivity index (χ2v) is 5.41. The third-order valence-corrected chi connectivity index (χ3v) is 2.73. The van der Waals surface area contributed by atoms with Crippen molar-refractivity contribution in [1.29, 1.82) is 0 Å². The molecule has 1 heterocycles. The van der Waals surface area contributed by atoms with Crippen molar-refractivity contribution in [1.82, 2.24) is 4.90 Å². The van der Waals surface area contributed by atoms with E-state index in [0.29, 0.717) is 12.0 Å². The molecule has 92 valence electrons. The molecule has 1 aliphatic heterocycles. The first kappa shape index (κ1) is 13.4. The summed E-state index contributed by atoms with van der Waals surface area (Å²) in [6, 6.07) is 0. The fraction of sp³-hybridized carbons (Fsp3) is 0.857. The van der Waals surface area contributed by atoms with E-state index >= 15 is 0 Å². The Morgan fingerprint density at radius 2 is 1.81 bits per heavy atom. The first-order valence-electron chi connectivity index (χ1n) is 6.46. The highest BCUT2D eigenvalue weighted by Gasteiger charge is 2.19. The third-order valence-electron chi connectivity index (χ3n) is 2.73. The van der Waals surface area contributed by atoms with Crippen LogP contribution >= 0.6 is 0 Å². The lowest BCUT2D eigenvalue weighted by molar-refractivity contribution is 0.0745. The number of rotatable bonds is 3. The van der Waals surface area contributed by atoms with E-state index in [1.54, 1.807) is 0 Å². The molecular weight excluding hydrogens is 198 g/mol. The standard InChI is InChI=1S/C14H25NO/c1-12(2)7-10-16-14-5-8-15(9-6-14)11-13(3)4/h12-14H,5-6,8-9,11H2,1-4H3.